The Labute approximate surface area is 89.7 Å². The highest BCUT2D eigenvalue weighted by Crippen LogP contribution is 2.21. The van der Waals surface area contributed by atoms with Crippen LogP contribution in [0.15, 0.2) is 24.3 Å². The third-order valence-corrected chi connectivity index (χ3v) is 2.23. The average molecular weight is 208 g/mol. The second-order valence-electron chi connectivity index (χ2n) is 3.92. The third kappa shape index (κ3) is 3.36. The van der Waals surface area contributed by atoms with Gasteiger partial charge in [0.05, 0.1) is 0 Å². The zero-order valence-corrected chi connectivity index (χ0v) is 9.28. The molecule has 82 valence electrons. The minimum absolute atomic E-state index is 0.0224. The van der Waals surface area contributed by atoms with E-state index in [0.29, 0.717) is 0 Å². The summed E-state index contributed by atoms with van der Waals surface area (Å²) in [5, 5.41) is 10.0. The fraction of sp³-hybridized carbons (Fsp3) is 0.417. The molecule has 0 heterocycles. The first-order valence-electron chi connectivity index (χ1n) is 4.85. The van der Waals surface area contributed by atoms with Crippen molar-refractivity contribution >= 4 is 5.97 Å². The van der Waals surface area contributed by atoms with E-state index in [1.54, 1.807) is 6.92 Å². The van der Waals surface area contributed by atoms with E-state index < -0.39 is 5.60 Å². The van der Waals surface area contributed by atoms with E-state index in [-0.39, 0.29) is 12.6 Å². The molecule has 1 aromatic rings. The number of carbonyl (C=O) groups is 1. The maximum Gasteiger partial charge on any atom is 0.302 e. The van der Waals surface area contributed by atoms with E-state index in [1.165, 1.54) is 6.92 Å². The molecule has 3 heteroatoms. The van der Waals surface area contributed by atoms with Crippen LogP contribution in [0, 0.1) is 6.92 Å². The molecule has 0 aliphatic heterocycles. The number of hydrogen-bond donors (Lipinski definition) is 1. The van der Waals surface area contributed by atoms with Crippen LogP contribution in [0.5, 0.6) is 0 Å². The zero-order valence-electron chi connectivity index (χ0n) is 9.28. The summed E-state index contributed by atoms with van der Waals surface area (Å²) in [7, 11) is 0. The first-order valence-corrected chi connectivity index (χ1v) is 4.85. The molecule has 1 unspecified atom stereocenters. The van der Waals surface area contributed by atoms with Crippen LogP contribution in [-0.2, 0) is 15.1 Å². The van der Waals surface area contributed by atoms with Crippen LogP contribution >= 0.6 is 0 Å². The van der Waals surface area contributed by atoms with Crippen molar-refractivity contribution in [3.63, 3.8) is 0 Å². The SMILES string of the molecule is CC(=O)OCC(C)(O)c1ccc(C)cc1. The van der Waals surface area contributed by atoms with Crippen molar-refractivity contribution in [2.24, 2.45) is 0 Å². The third-order valence-electron chi connectivity index (χ3n) is 2.23. The first-order chi connectivity index (χ1) is 6.92. The summed E-state index contributed by atoms with van der Waals surface area (Å²) < 4.78 is 4.80. The Balaban J connectivity index is 2.76. The van der Waals surface area contributed by atoms with Crippen molar-refractivity contribution in [2.75, 3.05) is 6.61 Å². The van der Waals surface area contributed by atoms with Crippen molar-refractivity contribution in [1.82, 2.24) is 0 Å². The molecular formula is C12H16O3. The molecule has 0 saturated heterocycles. The van der Waals surface area contributed by atoms with Gasteiger partial charge in [0.15, 0.2) is 0 Å². The van der Waals surface area contributed by atoms with Crippen LogP contribution < -0.4 is 0 Å². The van der Waals surface area contributed by atoms with Crippen LogP contribution in [0.2, 0.25) is 0 Å². The second-order valence-corrected chi connectivity index (χ2v) is 3.92. The predicted molar refractivity (Wildman–Crippen MR) is 57.4 cm³/mol. The molecule has 0 aromatic heterocycles. The molecule has 0 bridgehead atoms. The molecule has 1 N–H and O–H groups in total. The van der Waals surface area contributed by atoms with Crippen molar-refractivity contribution in [3.8, 4) is 0 Å². The van der Waals surface area contributed by atoms with Gasteiger partial charge in [0, 0.05) is 6.92 Å². The molecule has 0 spiro atoms. The molecular weight excluding hydrogens is 192 g/mol. The van der Waals surface area contributed by atoms with Crippen molar-refractivity contribution in [3.05, 3.63) is 35.4 Å². The maximum atomic E-state index is 10.6. The number of aryl methyl sites for hydroxylation is 1. The lowest BCUT2D eigenvalue weighted by Crippen LogP contribution is -2.28. The van der Waals surface area contributed by atoms with Gasteiger partial charge in [-0.2, -0.15) is 0 Å². The largest absolute Gasteiger partial charge is 0.462 e. The first kappa shape index (κ1) is 11.7. The van der Waals surface area contributed by atoms with Gasteiger partial charge in [-0.25, -0.2) is 0 Å². The van der Waals surface area contributed by atoms with Gasteiger partial charge in [-0.1, -0.05) is 29.8 Å². The Kier molecular flexibility index (Phi) is 3.48. The Morgan fingerprint density at radius 1 is 1.40 bits per heavy atom. The number of aliphatic hydroxyl groups is 1. The summed E-state index contributed by atoms with van der Waals surface area (Å²) in [5.41, 5.74) is 0.746. The van der Waals surface area contributed by atoms with E-state index in [4.69, 9.17) is 4.74 Å². The quantitative estimate of drug-likeness (QED) is 0.770. The Hall–Kier alpha value is -1.35. The second kappa shape index (κ2) is 4.45. The molecule has 0 aliphatic carbocycles. The topological polar surface area (TPSA) is 46.5 Å². The summed E-state index contributed by atoms with van der Waals surface area (Å²) in [5.74, 6) is -0.387. The van der Waals surface area contributed by atoms with E-state index in [1.807, 2.05) is 31.2 Å². The van der Waals surface area contributed by atoms with E-state index in [2.05, 4.69) is 0 Å². The monoisotopic (exact) mass is 208 g/mol. The standard InChI is InChI=1S/C12H16O3/c1-9-4-6-11(7-5-9)12(3,14)8-15-10(2)13/h4-7,14H,8H2,1-3H3. The summed E-state index contributed by atoms with van der Waals surface area (Å²) in [6.45, 7) is 4.90. The molecule has 0 radical (unpaired) electrons. The lowest BCUT2D eigenvalue weighted by Gasteiger charge is -2.23. The molecule has 1 rings (SSSR count). The van der Waals surface area contributed by atoms with Gasteiger partial charge in [0.1, 0.15) is 12.2 Å². The summed E-state index contributed by atoms with van der Waals surface area (Å²) in [4.78, 5) is 10.6. The highest BCUT2D eigenvalue weighted by Gasteiger charge is 2.24. The Morgan fingerprint density at radius 2 is 1.93 bits per heavy atom. The number of ether oxygens (including phenoxy) is 1. The lowest BCUT2D eigenvalue weighted by molar-refractivity contribution is -0.148. The normalized spacial score (nSPS) is 14.4. The zero-order chi connectivity index (χ0) is 11.5. The highest BCUT2D eigenvalue weighted by molar-refractivity contribution is 5.66. The van der Waals surface area contributed by atoms with Gasteiger partial charge >= 0.3 is 5.97 Å². The molecule has 0 saturated carbocycles. The van der Waals surface area contributed by atoms with Crippen LogP contribution in [0.4, 0.5) is 0 Å². The van der Waals surface area contributed by atoms with Crippen molar-refractivity contribution in [2.45, 2.75) is 26.4 Å². The van der Waals surface area contributed by atoms with Crippen molar-refractivity contribution < 1.29 is 14.6 Å². The van der Waals surface area contributed by atoms with E-state index >= 15 is 0 Å². The minimum Gasteiger partial charge on any atom is -0.462 e. The van der Waals surface area contributed by atoms with Crippen LogP contribution in [0.1, 0.15) is 25.0 Å². The molecule has 3 nitrogen and oxygen atoms in total. The lowest BCUT2D eigenvalue weighted by atomic mass is 9.96. The van der Waals surface area contributed by atoms with E-state index in [9.17, 15) is 9.90 Å². The molecule has 1 atom stereocenters. The molecule has 0 fully saturated rings. The smallest absolute Gasteiger partial charge is 0.302 e. The van der Waals surface area contributed by atoms with Crippen LogP contribution in [0.3, 0.4) is 0 Å². The molecule has 1 aromatic carbocycles. The number of carbonyl (C=O) groups excluding carboxylic acids is 1. The van der Waals surface area contributed by atoms with Crippen molar-refractivity contribution in [1.29, 1.82) is 0 Å². The highest BCUT2D eigenvalue weighted by atomic mass is 16.5. The van der Waals surface area contributed by atoms with Gasteiger partial charge in [0.2, 0.25) is 0 Å². The van der Waals surface area contributed by atoms with Gasteiger partial charge < -0.3 is 9.84 Å². The van der Waals surface area contributed by atoms with Gasteiger partial charge in [-0.05, 0) is 19.4 Å². The fourth-order valence-corrected chi connectivity index (χ4v) is 1.24. The minimum atomic E-state index is -1.13. The van der Waals surface area contributed by atoms with E-state index in [0.717, 1.165) is 11.1 Å². The predicted octanol–water partition coefficient (Wildman–Crippen LogP) is 1.77. The Bertz CT molecular complexity index is 338. The van der Waals surface area contributed by atoms with Crippen LogP contribution in [-0.4, -0.2) is 17.7 Å². The number of rotatable bonds is 3. The van der Waals surface area contributed by atoms with Crippen LogP contribution in [0.25, 0.3) is 0 Å². The maximum absolute atomic E-state index is 10.6. The molecule has 0 aliphatic rings. The summed E-state index contributed by atoms with van der Waals surface area (Å²) in [6, 6.07) is 7.49. The van der Waals surface area contributed by atoms with Gasteiger partial charge in [-0.3, -0.25) is 4.79 Å². The fourth-order valence-electron chi connectivity index (χ4n) is 1.24. The van der Waals surface area contributed by atoms with Gasteiger partial charge in [0.25, 0.3) is 0 Å². The average Bonchev–Trinajstić information content (AvgIpc) is 2.16. The van der Waals surface area contributed by atoms with Gasteiger partial charge in [-0.15, -0.1) is 0 Å². The molecule has 15 heavy (non-hydrogen) atoms. The summed E-state index contributed by atoms with van der Waals surface area (Å²) in [6.07, 6.45) is 0. The number of esters is 1. The number of hydrogen-bond acceptors (Lipinski definition) is 3. The Morgan fingerprint density at radius 3 is 2.40 bits per heavy atom. The number of benzene rings is 1. The molecule has 0 amide bonds. The summed E-state index contributed by atoms with van der Waals surface area (Å²) >= 11 is 0.